The van der Waals surface area contributed by atoms with E-state index in [-0.39, 0.29) is 54.0 Å². The smallest absolute Gasteiger partial charge is 0.316 e. The second kappa shape index (κ2) is 9.03. The molecule has 0 N–H and O–H groups in total. The number of allylic oxidation sites excluding steroid dienone is 2. The number of nitrogens with zero attached hydrogens (tertiary/aromatic N) is 3. The summed E-state index contributed by atoms with van der Waals surface area (Å²) >= 11 is 0. The van der Waals surface area contributed by atoms with E-state index in [4.69, 9.17) is 4.74 Å². The van der Waals surface area contributed by atoms with Crippen LogP contribution in [0.25, 0.3) is 0 Å². The van der Waals surface area contributed by atoms with E-state index in [1.165, 1.54) is 28.0 Å². The number of esters is 1. The van der Waals surface area contributed by atoms with Gasteiger partial charge in [-0.25, -0.2) is 0 Å². The highest BCUT2D eigenvalue weighted by molar-refractivity contribution is 6.22. The van der Waals surface area contributed by atoms with Crippen molar-refractivity contribution in [3.05, 3.63) is 70.3 Å². The first-order chi connectivity index (χ1) is 17.2. The third kappa shape index (κ3) is 4.04. The van der Waals surface area contributed by atoms with Gasteiger partial charge in [0.05, 0.1) is 34.1 Å². The molecule has 184 valence electrons. The quantitative estimate of drug-likeness (QED) is 0.157. The van der Waals surface area contributed by atoms with Crippen molar-refractivity contribution < 1.29 is 28.8 Å². The van der Waals surface area contributed by atoms with Crippen molar-refractivity contribution in [2.45, 2.75) is 26.2 Å². The second-order valence-electron chi connectivity index (χ2n) is 9.22. The number of rotatable bonds is 5. The summed E-state index contributed by atoms with van der Waals surface area (Å²) in [5.74, 6) is -2.57. The Bertz CT molecular complexity index is 1290. The number of aryl methyl sites for hydroxylation is 1. The predicted molar refractivity (Wildman–Crippen MR) is 128 cm³/mol. The standard InChI is InChI=1S/C26H23N3O7/c1-15-6-7-18(13-22(15)29(34)35)27-14-16(12-23(27)30)26(33)36-19-10-8-17(9-11-19)28-24(31)20-4-2-3-5-21(20)25(28)32/h2-3,6-11,13,16,20-21H,4-5,12,14H2,1H3/t16-,20-,21+/m1/s1. The molecule has 5 rings (SSSR count). The summed E-state index contributed by atoms with van der Waals surface area (Å²) in [4.78, 5) is 64.1. The molecule has 36 heavy (non-hydrogen) atoms. The number of hydrogen-bond donors (Lipinski definition) is 0. The van der Waals surface area contributed by atoms with Crippen LogP contribution >= 0.6 is 0 Å². The number of carbonyl (C=O) groups is 4. The van der Waals surface area contributed by atoms with Crippen LogP contribution in [0, 0.1) is 34.8 Å². The third-order valence-electron chi connectivity index (χ3n) is 6.98. The van der Waals surface area contributed by atoms with Crippen LogP contribution in [0.5, 0.6) is 5.75 Å². The molecule has 0 unspecified atom stereocenters. The number of nitro benzene ring substituents is 1. The van der Waals surface area contributed by atoms with Gasteiger partial charge in [0.1, 0.15) is 5.75 Å². The van der Waals surface area contributed by atoms with Crippen LogP contribution in [0.2, 0.25) is 0 Å². The largest absolute Gasteiger partial charge is 0.426 e. The highest BCUT2D eigenvalue weighted by Crippen LogP contribution is 2.38. The van der Waals surface area contributed by atoms with Gasteiger partial charge in [-0.2, -0.15) is 0 Å². The van der Waals surface area contributed by atoms with E-state index in [0.29, 0.717) is 29.8 Å². The molecule has 3 aliphatic rings. The van der Waals surface area contributed by atoms with Crippen molar-refractivity contribution in [3.8, 4) is 5.75 Å². The Morgan fingerprint density at radius 2 is 1.58 bits per heavy atom. The Labute approximate surface area is 206 Å². The van der Waals surface area contributed by atoms with E-state index in [1.54, 1.807) is 31.2 Å². The lowest BCUT2D eigenvalue weighted by Crippen LogP contribution is -2.30. The van der Waals surface area contributed by atoms with Gasteiger partial charge in [0.15, 0.2) is 0 Å². The van der Waals surface area contributed by atoms with E-state index in [0.717, 1.165) is 0 Å². The Morgan fingerprint density at radius 1 is 0.972 bits per heavy atom. The van der Waals surface area contributed by atoms with Gasteiger partial charge < -0.3 is 9.64 Å². The molecule has 0 spiro atoms. The van der Waals surface area contributed by atoms with E-state index in [1.807, 2.05) is 12.2 Å². The molecule has 3 amide bonds. The van der Waals surface area contributed by atoms with Gasteiger partial charge in [0.2, 0.25) is 17.7 Å². The summed E-state index contributed by atoms with van der Waals surface area (Å²) in [5.41, 5.74) is 1.15. The molecule has 1 aliphatic carbocycles. The second-order valence-corrected chi connectivity index (χ2v) is 9.22. The molecule has 0 aromatic heterocycles. The minimum absolute atomic E-state index is 0.0452. The molecule has 0 saturated carbocycles. The van der Waals surface area contributed by atoms with Gasteiger partial charge in [0.25, 0.3) is 5.69 Å². The number of carbonyl (C=O) groups excluding carboxylic acids is 4. The molecule has 0 radical (unpaired) electrons. The van der Waals surface area contributed by atoms with Gasteiger partial charge in [-0.3, -0.25) is 34.2 Å². The zero-order valence-corrected chi connectivity index (χ0v) is 19.5. The Morgan fingerprint density at radius 3 is 2.19 bits per heavy atom. The molecule has 2 aliphatic heterocycles. The number of benzene rings is 2. The molecule has 3 atom stereocenters. The van der Waals surface area contributed by atoms with Crippen LogP contribution in [0.15, 0.2) is 54.6 Å². The van der Waals surface area contributed by atoms with Crippen molar-refractivity contribution >= 4 is 40.8 Å². The number of nitro groups is 1. The lowest BCUT2D eigenvalue weighted by atomic mass is 9.85. The zero-order valence-electron chi connectivity index (χ0n) is 19.5. The molecule has 2 saturated heterocycles. The van der Waals surface area contributed by atoms with Gasteiger partial charge in [-0.15, -0.1) is 0 Å². The molecule has 2 fully saturated rings. The predicted octanol–water partition coefficient (Wildman–Crippen LogP) is 3.32. The molecular formula is C26H23N3O7. The minimum atomic E-state index is -0.741. The van der Waals surface area contributed by atoms with Crippen LogP contribution in [-0.4, -0.2) is 35.2 Å². The Hall–Kier alpha value is -4.34. The number of ether oxygens (including phenoxy) is 1. The lowest BCUT2D eigenvalue weighted by Gasteiger charge is -2.17. The third-order valence-corrected chi connectivity index (χ3v) is 6.98. The van der Waals surface area contributed by atoms with Crippen molar-refractivity contribution in [1.29, 1.82) is 0 Å². The van der Waals surface area contributed by atoms with Gasteiger partial charge in [0, 0.05) is 24.6 Å². The van der Waals surface area contributed by atoms with E-state index in [9.17, 15) is 29.3 Å². The topological polar surface area (TPSA) is 127 Å². The highest BCUT2D eigenvalue weighted by Gasteiger charge is 2.47. The average Bonchev–Trinajstić information content (AvgIpc) is 3.37. The molecule has 2 heterocycles. The number of fused-ring (bicyclic) bond motifs is 1. The summed E-state index contributed by atoms with van der Waals surface area (Å²) in [6.07, 6.45) is 4.87. The fraction of sp³-hybridized carbons (Fsp3) is 0.308. The number of imide groups is 1. The summed E-state index contributed by atoms with van der Waals surface area (Å²) < 4.78 is 5.45. The minimum Gasteiger partial charge on any atom is -0.426 e. The first kappa shape index (κ1) is 23.4. The number of anilines is 2. The summed E-state index contributed by atoms with van der Waals surface area (Å²) in [5, 5.41) is 11.2. The molecular weight excluding hydrogens is 466 g/mol. The number of amides is 3. The Balaban J connectivity index is 1.25. The van der Waals surface area contributed by atoms with E-state index in [2.05, 4.69) is 0 Å². The van der Waals surface area contributed by atoms with Crippen molar-refractivity contribution in [2.24, 2.45) is 17.8 Å². The van der Waals surface area contributed by atoms with Crippen LogP contribution in [0.1, 0.15) is 24.8 Å². The van der Waals surface area contributed by atoms with Gasteiger partial charge in [-0.1, -0.05) is 18.2 Å². The molecule has 10 nitrogen and oxygen atoms in total. The average molecular weight is 489 g/mol. The van der Waals surface area contributed by atoms with E-state index < -0.39 is 16.8 Å². The van der Waals surface area contributed by atoms with Crippen LogP contribution in [0.3, 0.4) is 0 Å². The van der Waals surface area contributed by atoms with Crippen LogP contribution < -0.4 is 14.5 Å². The first-order valence-corrected chi connectivity index (χ1v) is 11.6. The normalized spacial score (nSPS) is 23.2. The first-order valence-electron chi connectivity index (χ1n) is 11.6. The fourth-order valence-electron chi connectivity index (χ4n) is 4.99. The Kier molecular flexibility index (Phi) is 5.87. The van der Waals surface area contributed by atoms with Gasteiger partial charge >= 0.3 is 5.97 Å². The highest BCUT2D eigenvalue weighted by atomic mass is 16.6. The fourth-order valence-corrected chi connectivity index (χ4v) is 4.99. The molecule has 10 heteroatoms. The van der Waals surface area contributed by atoms with Gasteiger partial charge in [-0.05, 0) is 50.1 Å². The maximum Gasteiger partial charge on any atom is 0.316 e. The van der Waals surface area contributed by atoms with Crippen molar-refractivity contribution in [1.82, 2.24) is 0 Å². The summed E-state index contributed by atoms with van der Waals surface area (Å²) in [7, 11) is 0. The molecule has 0 bridgehead atoms. The van der Waals surface area contributed by atoms with Crippen LogP contribution in [0.4, 0.5) is 17.1 Å². The lowest BCUT2D eigenvalue weighted by molar-refractivity contribution is -0.385. The number of hydrogen-bond acceptors (Lipinski definition) is 7. The molecule has 2 aromatic rings. The monoisotopic (exact) mass is 489 g/mol. The van der Waals surface area contributed by atoms with Crippen molar-refractivity contribution in [2.75, 3.05) is 16.3 Å². The van der Waals surface area contributed by atoms with Crippen molar-refractivity contribution in [3.63, 3.8) is 0 Å². The maximum absolute atomic E-state index is 12.8. The molecule has 2 aromatic carbocycles. The van der Waals surface area contributed by atoms with E-state index >= 15 is 0 Å². The summed E-state index contributed by atoms with van der Waals surface area (Å²) in [6, 6.07) is 10.6. The van der Waals surface area contributed by atoms with Crippen LogP contribution in [-0.2, 0) is 19.2 Å². The SMILES string of the molecule is Cc1ccc(N2C[C@H](C(=O)Oc3ccc(N4C(=O)[C@H]5CC=CC[C@H]5C4=O)cc3)CC2=O)cc1[N+](=O)[O-]. The maximum atomic E-state index is 12.8. The summed E-state index contributed by atoms with van der Waals surface area (Å²) in [6.45, 7) is 1.66. The zero-order chi connectivity index (χ0) is 25.6.